The van der Waals surface area contributed by atoms with Gasteiger partial charge in [-0.1, -0.05) is 31.0 Å². The fraction of sp³-hybridized carbons (Fsp3) is 0.429. The number of ether oxygens (including phenoxy) is 1. The molecule has 162 valence electrons. The first-order valence-corrected chi connectivity index (χ1v) is 9.96. The summed E-state index contributed by atoms with van der Waals surface area (Å²) in [5.41, 5.74) is 1.14. The second-order valence-corrected chi connectivity index (χ2v) is 7.12. The van der Waals surface area contributed by atoms with E-state index in [2.05, 4.69) is 25.3 Å². The zero-order valence-corrected chi connectivity index (χ0v) is 16.5. The number of urea groups is 1. The minimum atomic E-state index is -4.79. The second-order valence-electron chi connectivity index (χ2n) is 7.12. The number of nitrogens with one attached hydrogen (secondary N) is 2. The van der Waals surface area contributed by atoms with Crippen LogP contribution >= 0.6 is 0 Å². The Balaban J connectivity index is 1.51. The molecule has 30 heavy (non-hydrogen) atoms. The average molecular weight is 422 g/mol. The van der Waals surface area contributed by atoms with Gasteiger partial charge in [-0.25, -0.2) is 9.78 Å². The van der Waals surface area contributed by atoms with Crippen molar-refractivity contribution in [3.63, 3.8) is 0 Å². The number of hydrogen-bond acceptors (Lipinski definition) is 4. The molecule has 2 heterocycles. The van der Waals surface area contributed by atoms with Crippen LogP contribution < -0.4 is 20.3 Å². The van der Waals surface area contributed by atoms with Gasteiger partial charge in [-0.15, -0.1) is 13.2 Å². The monoisotopic (exact) mass is 422 g/mol. The average Bonchev–Trinajstić information content (AvgIpc) is 3.00. The number of hydrogen-bond donors (Lipinski definition) is 2. The van der Waals surface area contributed by atoms with Gasteiger partial charge in [-0.2, -0.15) is 0 Å². The van der Waals surface area contributed by atoms with Crippen LogP contribution in [0.1, 0.15) is 36.8 Å². The van der Waals surface area contributed by atoms with Gasteiger partial charge in [0.05, 0.1) is 0 Å². The van der Waals surface area contributed by atoms with Crippen LogP contribution in [0, 0.1) is 0 Å². The molecule has 1 aliphatic heterocycles. The Kier molecular flexibility index (Phi) is 7.37. The molecule has 1 aliphatic rings. The lowest BCUT2D eigenvalue weighted by molar-refractivity contribution is -0.274. The second kappa shape index (κ2) is 10.2. The fourth-order valence-corrected chi connectivity index (χ4v) is 3.34. The number of anilines is 1. The van der Waals surface area contributed by atoms with Crippen LogP contribution in [0.3, 0.4) is 0 Å². The Hall–Kier alpha value is -2.97. The summed E-state index contributed by atoms with van der Waals surface area (Å²) in [5.74, 6) is 0.566. The third-order valence-electron chi connectivity index (χ3n) is 4.83. The van der Waals surface area contributed by atoms with E-state index in [1.165, 1.54) is 31.0 Å². The Labute approximate surface area is 173 Å². The van der Waals surface area contributed by atoms with Gasteiger partial charge in [0.1, 0.15) is 11.6 Å². The number of rotatable bonds is 6. The van der Waals surface area contributed by atoms with E-state index in [9.17, 15) is 18.0 Å². The molecule has 0 atom stereocenters. The summed E-state index contributed by atoms with van der Waals surface area (Å²) in [7, 11) is 0. The number of benzene rings is 1. The number of carbonyl (C=O) groups is 1. The molecule has 6 nitrogen and oxygen atoms in total. The molecule has 2 N–H and O–H groups in total. The molecule has 3 rings (SSSR count). The lowest BCUT2D eigenvalue weighted by atomic mass is 10.2. The van der Waals surface area contributed by atoms with Crippen molar-refractivity contribution in [3.8, 4) is 5.75 Å². The Morgan fingerprint density at radius 2 is 1.73 bits per heavy atom. The first-order valence-electron chi connectivity index (χ1n) is 9.96. The summed E-state index contributed by atoms with van der Waals surface area (Å²) in [6.07, 6.45) is 1.69. The number of pyridine rings is 1. The summed E-state index contributed by atoms with van der Waals surface area (Å²) < 4.78 is 41.5. The largest absolute Gasteiger partial charge is 0.573 e. The van der Waals surface area contributed by atoms with Crippen LogP contribution in [-0.4, -0.2) is 30.5 Å². The number of alkyl halides is 3. The Morgan fingerprint density at radius 1 is 1.03 bits per heavy atom. The Morgan fingerprint density at radius 3 is 2.47 bits per heavy atom. The fourth-order valence-electron chi connectivity index (χ4n) is 3.34. The zero-order chi connectivity index (χ0) is 21.4. The highest BCUT2D eigenvalue weighted by molar-refractivity contribution is 5.74. The standard InChI is InChI=1S/C21H25F3N4O2/c22-21(23,24)30-18-8-4-3-7-17(18)15-27-20(29)26-14-16-9-10-25-19(13-16)28-11-5-1-2-6-12-28/h3-4,7-10,13H,1-2,5-6,11-12,14-15H2,(H2,26,27,29). The maximum absolute atomic E-state index is 12.5. The first-order chi connectivity index (χ1) is 14.4. The topological polar surface area (TPSA) is 66.5 Å². The van der Waals surface area contributed by atoms with Gasteiger partial charge in [0, 0.05) is 37.9 Å². The summed E-state index contributed by atoms with van der Waals surface area (Å²) in [6.45, 7) is 2.15. The molecule has 9 heteroatoms. The normalized spacial score (nSPS) is 14.7. The van der Waals surface area contributed by atoms with Crippen LogP contribution in [0.4, 0.5) is 23.8 Å². The van der Waals surface area contributed by atoms with E-state index in [1.54, 1.807) is 12.3 Å². The summed E-state index contributed by atoms with van der Waals surface area (Å²) >= 11 is 0. The molecule has 0 bridgehead atoms. The number of nitrogens with zero attached hydrogens (tertiary/aromatic N) is 2. The van der Waals surface area contributed by atoms with Gasteiger partial charge in [-0.05, 0) is 36.6 Å². The predicted octanol–water partition coefficient (Wildman–Crippen LogP) is 4.36. The van der Waals surface area contributed by atoms with Crippen molar-refractivity contribution in [2.24, 2.45) is 0 Å². The van der Waals surface area contributed by atoms with Crippen LogP contribution in [-0.2, 0) is 13.1 Å². The van der Waals surface area contributed by atoms with E-state index < -0.39 is 12.4 Å². The SMILES string of the molecule is O=C(NCc1ccnc(N2CCCCCC2)c1)NCc1ccccc1OC(F)(F)F. The molecule has 2 aromatic rings. The maximum atomic E-state index is 12.5. The van der Waals surface area contributed by atoms with Gasteiger partial charge in [0.2, 0.25) is 0 Å². The molecule has 2 amide bonds. The van der Waals surface area contributed by atoms with E-state index in [0.29, 0.717) is 0 Å². The zero-order valence-electron chi connectivity index (χ0n) is 16.5. The number of halogens is 3. The highest BCUT2D eigenvalue weighted by Gasteiger charge is 2.31. The van der Waals surface area contributed by atoms with Crippen molar-refractivity contribution < 1.29 is 22.7 Å². The van der Waals surface area contributed by atoms with E-state index in [0.717, 1.165) is 37.3 Å². The van der Waals surface area contributed by atoms with Gasteiger partial charge in [-0.3, -0.25) is 0 Å². The molecule has 0 saturated carbocycles. The molecule has 1 aromatic carbocycles. The Bertz CT molecular complexity index is 837. The van der Waals surface area contributed by atoms with E-state index >= 15 is 0 Å². The molecule has 1 fully saturated rings. The molecule has 0 unspecified atom stereocenters. The van der Waals surface area contributed by atoms with Gasteiger partial charge in [0.25, 0.3) is 0 Å². The molecular formula is C21H25F3N4O2. The highest BCUT2D eigenvalue weighted by Crippen LogP contribution is 2.26. The van der Waals surface area contributed by atoms with Gasteiger partial charge in [0.15, 0.2) is 0 Å². The molecule has 0 radical (unpaired) electrons. The highest BCUT2D eigenvalue weighted by atomic mass is 19.4. The number of para-hydroxylation sites is 1. The minimum absolute atomic E-state index is 0.0898. The van der Waals surface area contributed by atoms with Crippen LogP contribution in [0.15, 0.2) is 42.6 Å². The van der Waals surface area contributed by atoms with Crippen LogP contribution in [0.5, 0.6) is 5.75 Å². The smallest absolute Gasteiger partial charge is 0.405 e. The maximum Gasteiger partial charge on any atom is 0.573 e. The van der Waals surface area contributed by atoms with Gasteiger partial charge >= 0.3 is 12.4 Å². The molecule has 1 aromatic heterocycles. The molecule has 1 saturated heterocycles. The van der Waals surface area contributed by atoms with Crippen molar-refractivity contribution in [1.82, 2.24) is 15.6 Å². The van der Waals surface area contributed by atoms with Crippen molar-refractivity contribution in [1.29, 1.82) is 0 Å². The predicted molar refractivity (Wildman–Crippen MR) is 107 cm³/mol. The van der Waals surface area contributed by atoms with Crippen molar-refractivity contribution in [2.45, 2.75) is 45.1 Å². The molecule has 0 aliphatic carbocycles. The van der Waals surface area contributed by atoms with E-state index in [4.69, 9.17) is 0 Å². The minimum Gasteiger partial charge on any atom is -0.405 e. The third-order valence-corrected chi connectivity index (χ3v) is 4.83. The lowest BCUT2D eigenvalue weighted by Crippen LogP contribution is -2.35. The van der Waals surface area contributed by atoms with Gasteiger partial charge < -0.3 is 20.3 Å². The lowest BCUT2D eigenvalue weighted by Gasteiger charge is -2.21. The molecular weight excluding hydrogens is 397 g/mol. The van der Waals surface area contributed by atoms with Crippen LogP contribution in [0.25, 0.3) is 0 Å². The first kappa shape index (κ1) is 21.7. The van der Waals surface area contributed by atoms with E-state index in [-0.39, 0.29) is 24.4 Å². The summed E-state index contributed by atoms with van der Waals surface area (Å²) in [6, 6.07) is 9.01. The van der Waals surface area contributed by atoms with Crippen molar-refractivity contribution in [3.05, 3.63) is 53.7 Å². The summed E-state index contributed by atoms with van der Waals surface area (Å²) in [4.78, 5) is 18.8. The van der Waals surface area contributed by atoms with Crippen molar-refractivity contribution >= 4 is 11.8 Å². The summed E-state index contributed by atoms with van der Waals surface area (Å²) in [5, 5.41) is 5.28. The molecule has 0 spiro atoms. The number of amides is 2. The van der Waals surface area contributed by atoms with Crippen LogP contribution in [0.2, 0.25) is 0 Å². The van der Waals surface area contributed by atoms with Crippen molar-refractivity contribution in [2.75, 3.05) is 18.0 Å². The quantitative estimate of drug-likeness (QED) is 0.726. The number of carbonyl (C=O) groups excluding carboxylic acids is 1. The third kappa shape index (κ3) is 6.82. The number of aromatic nitrogens is 1. The van der Waals surface area contributed by atoms with E-state index in [1.807, 2.05) is 12.1 Å².